The molecule has 1 atom stereocenters. The summed E-state index contributed by atoms with van der Waals surface area (Å²) in [6.45, 7) is 4.58. The van der Waals surface area contributed by atoms with Gasteiger partial charge in [0.25, 0.3) is 5.91 Å². The lowest BCUT2D eigenvalue weighted by atomic mass is 10.0. The van der Waals surface area contributed by atoms with Crippen molar-refractivity contribution in [2.75, 3.05) is 19.6 Å². The molecule has 0 spiro atoms. The van der Waals surface area contributed by atoms with Crippen molar-refractivity contribution in [3.8, 4) is 0 Å². The van der Waals surface area contributed by atoms with E-state index in [2.05, 4.69) is 27.9 Å². The number of rotatable bonds is 4. The summed E-state index contributed by atoms with van der Waals surface area (Å²) < 4.78 is 0.951. The van der Waals surface area contributed by atoms with Gasteiger partial charge in [-0.1, -0.05) is 18.0 Å². The lowest BCUT2D eigenvalue weighted by Gasteiger charge is -2.30. The number of nitrogens with one attached hydrogen (secondary N) is 1. The Morgan fingerprint density at radius 1 is 1.50 bits per heavy atom. The van der Waals surface area contributed by atoms with Crippen LogP contribution < -0.4 is 5.32 Å². The molecule has 0 saturated carbocycles. The molecule has 1 unspecified atom stereocenters. The third-order valence-corrected chi connectivity index (χ3v) is 4.86. The minimum Gasteiger partial charge on any atom is -0.337 e. The van der Waals surface area contributed by atoms with Crippen molar-refractivity contribution in [3.05, 3.63) is 32.4 Å². The lowest BCUT2D eigenvalue weighted by Crippen LogP contribution is -2.45. The maximum absolute atomic E-state index is 12.7. The van der Waals surface area contributed by atoms with Crippen molar-refractivity contribution < 1.29 is 4.79 Å². The number of likely N-dealkylation sites (N-methyl/N-ethyl adjacent to an activating group) is 1. The molecule has 1 saturated heterocycles. The second-order valence-corrected chi connectivity index (χ2v) is 6.71. The van der Waals surface area contributed by atoms with Gasteiger partial charge in [0, 0.05) is 27.7 Å². The number of carbonyl (C=O) groups is 1. The van der Waals surface area contributed by atoms with Gasteiger partial charge in [-0.25, -0.2) is 0 Å². The van der Waals surface area contributed by atoms with Crippen LogP contribution >= 0.6 is 34.2 Å². The van der Waals surface area contributed by atoms with Crippen LogP contribution in [0.1, 0.15) is 36.5 Å². The Bertz CT molecular complexity index is 475. The molecule has 1 aromatic carbocycles. The zero-order valence-electron chi connectivity index (χ0n) is 11.7. The second kappa shape index (κ2) is 7.61. The molecule has 1 fully saturated rings. The number of piperidine rings is 1. The molecule has 1 aliphatic heterocycles. The van der Waals surface area contributed by atoms with E-state index in [0.29, 0.717) is 16.6 Å². The molecule has 110 valence electrons. The van der Waals surface area contributed by atoms with Crippen LogP contribution in [0.2, 0.25) is 5.02 Å². The number of carbonyl (C=O) groups excluding carboxylic acids is 1. The zero-order chi connectivity index (χ0) is 14.5. The van der Waals surface area contributed by atoms with Crippen LogP contribution in [0.25, 0.3) is 0 Å². The van der Waals surface area contributed by atoms with E-state index in [9.17, 15) is 4.79 Å². The molecule has 0 radical (unpaired) electrons. The van der Waals surface area contributed by atoms with Gasteiger partial charge in [-0.3, -0.25) is 4.79 Å². The quantitative estimate of drug-likeness (QED) is 0.776. The highest BCUT2D eigenvalue weighted by Gasteiger charge is 2.22. The molecule has 2 rings (SSSR count). The summed E-state index contributed by atoms with van der Waals surface area (Å²) in [5.74, 6) is 0.0757. The van der Waals surface area contributed by atoms with Crippen LogP contribution in [0.15, 0.2) is 18.2 Å². The van der Waals surface area contributed by atoms with Crippen LogP contribution in [-0.4, -0.2) is 36.5 Å². The minimum atomic E-state index is 0.0757. The molecule has 3 nitrogen and oxygen atoms in total. The standard InChI is InChI=1S/C15H20ClIN2O/c1-2-19(10-12-5-3-4-8-18-12)15(20)13-9-11(16)6-7-14(13)17/h6-7,9,12,18H,2-5,8,10H2,1H3. The van der Waals surface area contributed by atoms with Gasteiger partial charge in [-0.2, -0.15) is 0 Å². The molecule has 5 heteroatoms. The smallest absolute Gasteiger partial charge is 0.255 e. The van der Waals surface area contributed by atoms with Crippen molar-refractivity contribution in [3.63, 3.8) is 0 Å². The lowest BCUT2D eigenvalue weighted by molar-refractivity contribution is 0.0740. The minimum absolute atomic E-state index is 0.0757. The molecule has 1 aromatic rings. The summed E-state index contributed by atoms with van der Waals surface area (Å²) in [6.07, 6.45) is 3.64. The highest BCUT2D eigenvalue weighted by molar-refractivity contribution is 14.1. The highest BCUT2D eigenvalue weighted by atomic mass is 127. The number of nitrogens with zero attached hydrogens (tertiary/aromatic N) is 1. The topological polar surface area (TPSA) is 32.3 Å². The maximum atomic E-state index is 12.7. The Morgan fingerprint density at radius 2 is 2.30 bits per heavy atom. The summed E-state index contributed by atoms with van der Waals surface area (Å²) in [5.41, 5.74) is 0.704. The number of amides is 1. The average molecular weight is 407 g/mol. The van der Waals surface area contributed by atoms with Gasteiger partial charge in [0.15, 0.2) is 0 Å². The van der Waals surface area contributed by atoms with Gasteiger partial charge in [-0.05, 0) is 67.1 Å². The van der Waals surface area contributed by atoms with Crippen molar-refractivity contribution in [1.29, 1.82) is 0 Å². The number of hydrogen-bond donors (Lipinski definition) is 1. The van der Waals surface area contributed by atoms with Gasteiger partial charge in [-0.15, -0.1) is 0 Å². The number of halogens is 2. The normalized spacial score (nSPS) is 18.9. The second-order valence-electron chi connectivity index (χ2n) is 5.11. The molecule has 1 heterocycles. The first-order chi connectivity index (χ1) is 9.61. The predicted octanol–water partition coefficient (Wildman–Crippen LogP) is 3.55. The van der Waals surface area contributed by atoms with Gasteiger partial charge in [0.05, 0.1) is 5.56 Å². The Kier molecular flexibility index (Phi) is 6.11. The maximum Gasteiger partial charge on any atom is 0.255 e. The first-order valence-electron chi connectivity index (χ1n) is 7.09. The fraction of sp³-hybridized carbons (Fsp3) is 0.533. The van der Waals surface area contributed by atoms with Crippen LogP contribution in [-0.2, 0) is 0 Å². The molecule has 0 aliphatic carbocycles. The van der Waals surface area contributed by atoms with E-state index in [1.807, 2.05) is 24.0 Å². The third kappa shape index (κ3) is 4.09. The first kappa shape index (κ1) is 16.0. The molecular weight excluding hydrogens is 387 g/mol. The van der Waals surface area contributed by atoms with Crippen molar-refractivity contribution >= 4 is 40.1 Å². The average Bonchev–Trinajstić information content (AvgIpc) is 2.47. The highest BCUT2D eigenvalue weighted by Crippen LogP contribution is 2.20. The van der Waals surface area contributed by atoms with Crippen molar-refractivity contribution in [2.45, 2.75) is 32.2 Å². The van der Waals surface area contributed by atoms with Crippen LogP contribution in [0.5, 0.6) is 0 Å². The molecule has 0 bridgehead atoms. The third-order valence-electron chi connectivity index (χ3n) is 3.68. The molecular formula is C15H20ClIN2O. The first-order valence-corrected chi connectivity index (χ1v) is 8.55. The van der Waals surface area contributed by atoms with Gasteiger partial charge >= 0.3 is 0 Å². The van der Waals surface area contributed by atoms with Crippen molar-refractivity contribution in [2.24, 2.45) is 0 Å². The van der Waals surface area contributed by atoms with E-state index >= 15 is 0 Å². The Hall–Kier alpha value is -0.330. The van der Waals surface area contributed by atoms with E-state index in [4.69, 9.17) is 11.6 Å². The molecule has 20 heavy (non-hydrogen) atoms. The predicted molar refractivity (Wildman–Crippen MR) is 91.4 cm³/mol. The van der Waals surface area contributed by atoms with E-state index in [1.165, 1.54) is 12.8 Å². The van der Waals surface area contributed by atoms with Gasteiger partial charge in [0.2, 0.25) is 0 Å². The number of hydrogen-bond acceptors (Lipinski definition) is 2. The monoisotopic (exact) mass is 406 g/mol. The van der Waals surface area contributed by atoms with Crippen LogP contribution in [0.3, 0.4) is 0 Å². The van der Waals surface area contributed by atoms with Crippen LogP contribution in [0, 0.1) is 3.57 Å². The fourth-order valence-corrected chi connectivity index (χ4v) is 3.27. The Morgan fingerprint density at radius 3 is 2.95 bits per heavy atom. The van der Waals surface area contributed by atoms with Gasteiger partial charge < -0.3 is 10.2 Å². The summed E-state index contributed by atoms with van der Waals surface area (Å²) in [6, 6.07) is 5.90. The van der Waals surface area contributed by atoms with E-state index in [-0.39, 0.29) is 5.91 Å². The van der Waals surface area contributed by atoms with E-state index in [1.54, 1.807) is 6.07 Å². The summed E-state index contributed by atoms with van der Waals surface area (Å²) in [5, 5.41) is 4.11. The van der Waals surface area contributed by atoms with Crippen molar-refractivity contribution in [1.82, 2.24) is 10.2 Å². The Labute approximate surface area is 139 Å². The van der Waals surface area contributed by atoms with E-state index < -0.39 is 0 Å². The summed E-state index contributed by atoms with van der Waals surface area (Å²) >= 11 is 8.21. The summed E-state index contributed by atoms with van der Waals surface area (Å²) in [7, 11) is 0. The Balaban J connectivity index is 2.09. The molecule has 0 aromatic heterocycles. The SMILES string of the molecule is CCN(CC1CCCCN1)C(=O)c1cc(Cl)ccc1I. The molecule has 1 N–H and O–H groups in total. The molecule has 1 amide bonds. The molecule has 1 aliphatic rings. The van der Waals surface area contributed by atoms with E-state index in [0.717, 1.165) is 29.6 Å². The van der Waals surface area contributed by atoms with Crippen LogP contribution in [0.4, 0.5) is 0 Å². The number of benzene rings is 1. The summed E-state index contributed by atoms with van der Waals surface area (Å²) in [4.78, 5) is 14.6. The fourth-order valence-electron chi connectivity index (χ4n) is 2.53. The largest absolute Gasteiger partial charge is 0.337 e. The van der Waals surface area contributed by atoms with Gasteiger partial charge in [0.1, 0.15) is 0 Å². The zero-order valence-corrected chi connectivity index (χ0v) is 14.6.